The molecule has 21 heavy (non-hydrogen) atoms. The second-order valence-corrected chi connectivity index (χ2v) is 7.48. The van der Waals surface area contributed by atoms with Crippen LogP contribution in [0.2, 0.25) is 5.02 Å². The maximum atomic E-state index is 10.7. The number of rotatable bonds is 4. The lowest BCUT2D eigenvalue weighted by Crippen LogP contribution is -2.43. The summed E-state index contributed by atoms with van der Waals surface area (Å²) >= 11 is 5.96. The van der Waals surface area contributed by atoms with Crippen LogP contribution in [0.15, 0.2) is 24.3 Å². The first kappa shape index (κ1) is 16.6. The van der Waals surface area contributed by atoms with Gasteiger partial charge in [-0.3, -0.25) is 0 Å². The van der Waals surface area contributed by atoms with E-state index in [9.17, 15) is 5.11 Å². The predicted molar refractivity (Wildman–Crippen MR) is 84.9 cm³/mol. The van der Waals surface area contributed by atoms with Crippen LogP contribution in [-0.2, 0) is 4.74 Å². The van der Waals surface area contributed by atoms with Crippen molar-refractivity contribution in [1.82, 2.24) is 0 Å². The van der Waals surface area contributed by atoms with Gasteiger partial charge in [-0.15, -0.1) is 0 Å². The molecular formula is C17H25ClO3. The van der Waals surface area contributed by atoms with Crippen LogP contribution in [0.1, 0.15) is 41.0 Å². The highest BCUT2D eigenvalue weighted by atomic mass is 35.5. The van der Waals surface area contributed by atoms with Crippen LogP contribution >= 0.6 is 11.6 Å². The lowest BCUT2D eigenvalue weighted by atomic mass is 9.81. The topological polar surface area (TPSA) is 38.7 Å². The molecule has 1 fully saturated rings. The standard InChI is InChI=1S/C17H25ClO3/c1-11(20-13-8-6-7-12(18)9-13)15(19)14-10-16(2,3)21-17(14,4)5/h6-9,11,14-15,19H,10H2,1-5H3. The van der Waals surface area contributed by atoms with Crippen molar-refractivity contribution >= 4 is 11.6 Å². The van der Waals surface area contributed by atoms with E-state index >= 15 is 0 Å². The average molecular weight is 313 g/mol. The van der Waals surface area contributed by atoms with E-state index in [0.717, 1.165) is 6.42 Å². The summed E-state index contributed by atoms with van der Waals surface area (Å²) in [4.78, 5) is 0. The van der Waals surface area contributed by atoms with Crippen molar-refractivity contribution in [1.29, 1.82) is 0 Å². The minimum absolute atomic E-state index is 0.0293. The first-order chi connectivity index (χ1) is 9.61. The summed E-state index contributed by atoms with van der Waals surface area (Å²) in [6, 6.07) is 7.23. The van der Waals surface area contributed by atoms with E-state index in [1.807, 2.05) is 32.9 Å². The fraction of sp³-hybridized carbons (Fsp3) is 0.647. The van der Waals surface area contributed by atoms with Gasteiger partial charge in [0.2, 0.25) is 0 Å². The van der Waals surface area contributed by atoms with E-state index in [2.05, 4.69) is 13.8 Å². The van der Waals surface area contributed by atoms with Gasteiger partial charge in [0, 0.05) is 10.9 Å². The lowest BCUT2D eigenvalue weighted by molar-refractivity contribution is -0.0983. The first-order valence-electron chi connectivity index (χ1n) is 7.41. The Hall–Kier alpha value is -0.770. The van der Waals surface area contributed by atoms with E-state index in [4.69, 9.17) is 21.1 Å². The van der Waals surface area contributed by atoms with Gasteiger partial charge in [-0.05, 0) is 59.2 Å². The molecule has 0 aliphatic carbocycles. The Morgan fingerprint density at radius 2 is 2.00 bits per heavy atom. The number of hydrogen-bond donors (Lipinski definition) is 1. The van der Waals surface area contributed by atoms with Crippen LogP contribution in [0, 0.1) is 5.92 Å². The molecule has 0 radical (unpaired) electrons. The van der Waals surface area contributed by atoms with Gasteiger partial charge in [0.15, 0.2) is 0 Å². The van der Waals surface area contributed by atoms with Crippen LogP contribution in [0.25, 0.3) is 0 Å². The second kappa shape index (κ2) is 5.79. The Morgan fingerprint density at radius 1 is 1.33 bits per heavy atom. The van der Waals surface area contributed by atoms with E-state index < -0.39 is 6.10 Å². The number of ether oxygens (including phenoxy) is 2. The molecule has 1 heterocycles. The normalized spacial score (nSPS) is 26.3. The zero-order valence-corrected chi connectivity index (χ0v) is 14.1. The molecule has 2 rings (SSSR count). The molecule has 1 N–H and O–H groups in total. The molecule has 1 aromatic rings. The van der Waals surface area contributed by atoms with Crippen LogP contribution in [0.4, 0.5) is 0 Å². The highest BCUT2D eigenvalue weighted by Crippen LogP contribution is 2.44. The zero-order valence-electron chi connectivity index (χ0n) is 13.4. The van der Waals surface area contributed by atoms with Crippen molar-refractivity contribution in [2.24, 2.45) is 5.92 Å². The highest BCUT2D eigenvalue weighted by molar-refractivity contribution is 6.30. The summed E-state index contributed by atoms with van der Waals surface area (Å²) < 4.78 is 11.9. The van der Waals surface area contributed by atoms with Crippen molar-refractivity contribution in [2.75, 3.05) is 0 Å². The predicted octanol–water partition coefficient (Wildman–Crippen LogP) is 4.06. The molecule has 0 aromatic heterocycles. The molecule has 3 atom stereocenters. The second-order valence-electron chi connectivity index (χ2n) is 7.05. The summed E-state index contributed by atoms with van der Waals surface area (Å²) in [6.07, 6.45) is -0.115. The number of benzene rings is 1. The van der Waals surface area contributed by atoms with Crippen molar-refractivity contribution in [3.05, 3.63) is 29.3 Å². The van der Waals surface area contributed by atoms with E-state index in [0.29, 0.717) is 10.8 Å². The van der Waals surface area contributed by atoms with Gasteiger partial charge in [-0.25, -0.2) is 0 Å². The van der Waals surface area contributed by atoms with Gasteiger partial charge in [-0.2, -0.15) is 0 Å². The van der Waals surface area contributed by atoms with Gasteiger partial charge in [-0.1, -0.05) is 17.7 Å². The third kappa shape index (κ3) is 3.91. The van der Waals surface area contributed by atoms with Crippen molar-refractivity contribution in [3.8, 4) is 5.75 Å². The van der Waals surface area contributed by atoms with Crippen LogP contribution in [0.3, 0.4) is 0 Å². The van der Waals surface area contributed by atoms with Gasteiger partial charge in [0.1, 0.15) is 11.9 Å². The van der Waals surface area contributed by atoms with Crippen molar-refractivity contribution in [2.45, 2.75) is 64.4 Å². The Kier molecular flexibility index (Phi) is 4.57. The molecule has 4 heteroatoms. The molecule has 3 unspecified atom stereocenters. The molecule has 3 nitrogen and oxygen atoms in total. The highest BCUT2D eigenvalue weighted by Gasteiger charge is 2.50. The maximum absolute atomic E-state index is 10.7. The van der Waals surface area contributed by atoms with Crippen molar-refractivity contribution < 1.29 is 14.6 Å². The van der Waals surface area contributed by atoms with Gasteiger partial charge >= 0.3 is 0 Å². The fourth-order valence-electron chi connectivity index (χ4n) is 3.29. The zero-order chi connectivity index (χ0) is 15.8. The molecule has 1 aliphatic heterocycles. The molecule has 0 saturated carbocycles. The third-order valence-electron chi connectivity index (χ3n) is 4.16. The number of aliphatic hydroxyl groups is 1. The lowest BCUT2D eigenvalue weighted by Gasteiger charge is -2.33. The monoisotopic (exact) mass is 312 g/mol. The molecule has 0 amide bonds. The third-order valence-corrected chi connectivity index (χ3v) is 4.39. The quantitative estimate of drug-likeness (QED) is 0.911. The minimum atomic E-state index is -0.597. The molecular weight excluding hydrogens is 288 g/mol. The maximum Gasteiger partial charge on any atom is 0.122 e. The summed E-state index contributed by atoms with van der Waals surface area (Å²) in [5.41, 5.74) is -0.584. The Balaban J connectivity index is 2.07. The SMILES string of the molecule is CC(Oc1cccc(Cl)c1)C(O)C1CC(C)(C)OC1(C)C. The summed E-state index contributed by atoms with van der Waals surface area (Å²) in [5.74, 6) is 0.701. The van der Waals surface area contributed by atoms with Crippen LogP contribution in [0.5, 0.6) is 5.75 Å². The van der Waals surface area contributed by atoms with Crippen molar-refractivity contribution in [3.63, 3.8) is 0 Å². The first-order valence-corrected chi connectivity index (χ1v) is 7.79. The number of hydrogen-bond acceptors (Lipinski definition) is 3. The molecule has 1 aliphatic rings. The number of halogens is 1. The Labute approximate surface area is 132 Å². The molecule has 0 bridgehead atoms. The van der Waals surface area contributed by atoms with Gasteiger partial charge < -0.3 is 14.6 Å². The van der Waals surface area contributed by atoms with E-state index in [1.54, 1.807) is 12.1 Å². The van der Waals surface area contributed by atoms with Crippen LogP contribution < -0.4 is 4.74 Å². The van der Waals surface area contributed by atoms with Crippen LogP contribution in [-0.4, -0.2) is 28.5 Å². The summed E-state index contributed by atoms with van der Waals surface area (Å²) in [6.45, 7) is 10.1. The van der Waals surface area contributed by atoms with Gasteiger partial charge in [0.05, 0.1) is 17.3 Å². The molecule has 1 saturated heterocycles. The minimum Gasteiger partial charge on any atom is -0.488 e. The van der Waals surface area contributed by atoms with E-state index in [-0.39, 0.29) is 23.2 Å². The summed E-state index contributed by atoms with van der Waals surface area (Å²) in [5, 5.41) is 11.3. The largest absolute Gasteiger partial charge is 0.488 e. The molecule has 0 spiro atoms. The molecule has 118 valence electrons. The van der Waals surface area contributed by atoms with Gasteiger partial charge in [0.25, 0.3) is 0 Å². The smallest absolute Gasteiger partial charge is 0.122 e. The Morgan fingerprint density at radius 3 is 2.52 bits per heavy atom. The number of aliphatic hydroxyl groups excluding tert-OH is 1. The van der Waals surface area contributed by atoms with E-state index in [1.165, 1.54) is 0 Å². The summed E-state index contributed by atoms with van der Waals surface area (Å²) in [7, 11) is 0. The Bertz CT molecular complexity index is 499. The molecule has 1 aromatic carbocycles. The fourth-order valence-corrected chi connectivity index (χ4v) is 3.47. The average Bonchev–Trinajstić information content (AvgIpc) is 2.56.